The highest BCUT2D eigenvalue weighted by Crippen LogP contribution is 2.35. The standard InChI is InChI=1S/C22H19ClN2O3/c1-22(18-9-5-7-14-6-3-4-8-17(14)18)20(26)25(21(27)24-22)13-15-12-16(23)10-11-19(15)28-2/h3-12H,13H2,1-2H3,(H,24,27). The summed E-state index contributed by atoms with van der Waals surface area (Å²) in [5.74, 6) is 0.264. The van der Waals surface area contributed by atoms with Gasteiger partial charge in [-0.15, -0.1) is 0 Å². The van der Waals surface area contributed by atoms with Crippen LogP contribution in [-0.4, -0.2) is 23.9 Å². The number of halogens is 1. The fourth-order valence-electron chi connectivity index (χ4n) is 3.73. The molecule has 5 nitrogen and oxygen atoms in total. The molecule has 1 heterocycles. The number of fused-ring (bicyclic) bond motifs is 1. The van der Waals surface area contributed by atoms with Gasteiger partial charge < -0.3 is 10.1 Å². The normalized spacial score (nSPS) is 19.2. The summed E-state index contributed by atoms with van der Waals surface area (Å²) in [4.78, 5) is 27.3. The molecule has 142 valence electrons. The fourth-order valence-corrected chi connectivity index (χ4v) is 3.92. The first kappa shape index (κ1) is 18.3. The number of ether oxygens (including phenoxy) is 1. The molecule has 3 amide bonds. The van der Waals surface area contributed by atoms with Crippen molar-refractivity contribution in [3.05, 3.63) is 76.8 Å². The van der Waals surface area contributed by atoms with Gasteiger partial charge in [0.2, 0.25) is 0 Å². The number of carbonyl (C=O) groups is 2. The highest BCUT2D eigenvalue weighted by molar-refractivity contribution is 6.30. The van der Waals surface area contributed by atoms with Gasteiger partial charge >= 0.3 is 6.03 Å². The smallest absolute Gasteiger partial charge is 0.325 e. The molecule has 6 heteroatoms. The molecule has 1 N–H and O–H groups in total. The van der Waals surface area contributed by atoms with E-state index in [1.807, 2.05) is 42.5 Å². The Morgan fingerprint density at radius 2 is 1.82 bits per heavy atom. The molecule has 1 atom stereocenters. The van der Waals surface area contributed by atoms with Gasteiger partial charge in [0, 0.05) is 10.6 Å². The summed E-state index contributed by atoms with van der Waals surface area (Å²) >= 11 is 6.09. The molecular formula is C22H19ClN2O3. The molecule has 28 heavy (non-hydrogen) atoms. The Hall–Kier alpha value is -3.05. The predicted molar refractivity (Wildman–Crippen MR) is 108 cm³/mol. The Kier molecular flexibility index (Phi) is 4.47. The number of nitrogens with one attached hydrogen (secondary N) is 1. The molecule has 0 spiro atoms. The summed E-state index contributed by atoms with van der Waals surface area (Å²) in [5, 5.41) is 5.33. The summed E-state index contributed by atoms with van der Waals surface area (Å²) in [5.41, 5.74) is 0.286. The van der Waals surface area contributed by atoms with Crippen molar-refractivity contribution in [2.75, 3.05) is 7.11 Å². The van der Waals surface area contributed by atoms with Crippen LogP contribution < -0.4 is 10.1 Å². The first-order valence-corrected chi connectivity index (χ1v) is 9.26. The van der Waals surface area contributed by atoms with Crippen LogP contribution in [0.5, 0.6) is 5.75 Å². The number of imide groups is 1. The lowest BCUT2D eigenvalue weighted by Crippen LogP contribution is -2.41. The number of benzene rings is 3. The van der Waals surface area contributed by atoms with E-state index in [1.165, 1.54) is 4.90 Å². The van der Waals surface area contributed by atoms with Gasteiger partial charge in [0.15, 0.2) is 0 Å². The molecule has 1 unspecified atom stereocenters. The van der Waals surface area contributed by atoms with Crippen molar-refractivity contribution in [1.29, 1.82) is 0 Å². The SMILES string of the molecule is COc1ccc(Cl)cc1CN1C(=O)NC(C)(c2cccc3ccccc23)C1=O. The lowest BCUT2D eigenvalue weighted by atomic mass is 9.88. The molecule has 1 aliphatic heterocycles. The first-order chi connectivity index (χ1) is 13.4. The second-order valence-electron chi connectivity index (χ2n) is 6.93. The van der Waals surface area contributed by atoms with E-state index in [1.54, 1.807) is 32.2 Å². The number of carbonyl (C=O) groups excluding carboxylic acids is 2. The van der Waals surface area contributed by atoms with E-state index in [2.05, 4.69) is 5.32 Å². The molecule has 1 fully saturated rings. The Balaban J connectivity index is 1.74. The third-order valence-corrected chi connectivity index (χ3v) is 5.41. The third-order valence-electron chi connectivity index (χ3n) is 5.17. The largest absolute Gasteiger partial charge is 0.496 e. The van der Waals surface area contributed by atoms with Crippen LogP contribution in [0.25, 0.3) is 10.8 Å². The van der Waals surface area contributed by atoms with E-state index >= 15 is 0 Å². The van der Waals surface area contributed by atoms with Crippen LogP contribution >= 0.6 is 11.6 Å². The van der Waals surface area contributed by atoms with Gasteiger partial charge in [-0.3, -0.25) is 9.69 Å². The number of hydrogen-bond donors (Lipinski definition) is 1. The van der Waals surface area contributed by atoms with E-state index in [9.17, 15) is 9.59 Å². The number of rotatable bonds is 4. The van der Waals surface area contributed by atoms with Crippen LogP contribution in [0.3, 0.4) is 0 Å². The van der Waals surface area contributed by atoms with Crippen molar-refractivity contribution >= 4 is 34.3 Å². The molecule has 3 aromatic rings. The van der Waals surface area contributed by atoms with Crippen LogP contribution in [0.15, 0.2) is 60.7 Å². The van der Waals surface area contributed by atoms with Crippen LogP contribution in [0, 0.1) is 0 Å². The highest BCUT2D eigenvalue weighted by atomic mass is 35.5. The second-order valence-corrected chi connectivity index (χ2v) is 7.37. The Labute approximate surface area is 167 Å². The average molecular weight is 395 g/mol. The minimum absolute atomic E-state index is 0.0781. The van der Waals surface area contributed by atoms with E-state index < -0.39 is 11.6 Å². The van der Waals surface area contributed by atoms with Gasteiger partial charge in [-0.1, -0.05) is 54.1 Å². The maximum Gasteiger partial charge on any atom is 0.325 e. The molecule has 0 radical (unpaired) electrons. The zero-order valence-electron chi connectivity index (χ0n) is 15.5. The average Bonchev–Trinajstić information content (AvgIpc) is 2.91. The molecule has 0 bridgehead atoms. The second kappa shape index (κ2) is 6.84. The summed E-state index contributed by atoms with van der Waals surface area (Å²) in [6.45, 7) is 1.82. The van der Waals surface area contributed by atoms with E-state index in [4.69, 9.17) is 16.3 Å². The lowest BCUT2D eigenvalue weighted by Gasteiger charge is -2.24. The monoisotopic (exact) mass is 394 g/mol. The molecule has 0 saturated carbocycles. The van der Waals surface area contributed by atoms with Crippen molar-refractivity contribution in [2.24, 2.45) is 0 Å². The minimum Gasteiger partial charge on any atom is -0.496 e. The molecule has 0 aromatic heterocycles. The number of amides is 3. The zero-order valence-corrected chi connectivity index (χ0v) is 16.3. The van der Waals surface area contributed by atoms with Gasteiger partial charge in [0.05, 0.1) is 13.7 Å². The predicted octanol–water partition coefficient (Wildman–Crippen LogP) is 4.47. The molecule has 1 aliphatic rings. The van der Waals surface area contributed by atoms with Crippen LogP contribution in [0.4, 0.5) is 4.79 Å². The third kappa shape index (κ3) is 2.88. The maximum absolute atomic E-state index is 13.3. The van der Waals surface area contributed by atoms with Gasteiger partial charge in [0.25, 0.3) is 5.91 Å². The Morgan fingerprint density at radius 1 is 1.07 bits per heavy atom. The summed E-state index contributed by atoms with van der Waals surface area (Å²) < 4.78 is 5.35. The van der Waals surface area contributed by atoms with E-state index in [0.29, 0.717) is 16.3 Å². The number of urea groups is 1. The quantitative estimate of drug-likeness (QED) is 0.664. The van der Waals surface area contributed by atoms with E-state index in [0.717, 1.165) is 16.3 Å². The minimum atomic E-state index is -1.15. The van der Waals surface area contributed by atoms with Crippen LogP contribution in [-0.2, 0) is 16.9 Å². The summed E-state index contributed by atoms with van der Waals surface area (Å²) in [7, 11) is 1.54. The van der Waals surface area contributed by atoms with Crippen LogP contribution in [0.1, 0.15) is 18.1 Å². The van der Waals surface area contributed by atoms with Crippen molar-refractivity contribution in [3.8, 4) is 5.75 Å². The number of hydrogen-bond acceptors (Lipinski definition) is 3. The molecule has 3 aromatic carbocycles. The van der Waals surface area contributed by atoms with Gasteiger partial charge in [-0.05, 0) is 41.5 Å². The van der Waals surface area contributed by atoms with E-state index in [-0.39, 0.29) is 12.5 Å². The van der Waals surface area contributed by atoms with Crippen LogP contribution in [0.2, 0.25) is 5.02 Å². The van der Waals surface area contributed by atoms with Crippen molar-refractivity contribution < 1.29 is 14.3 Å². The lowest BCUT2D eigenvalue weighted by molar-refractivity contribution is -0.131. The van der Waals surface area contributed by atoms with Gasteiger partial charge in [0.1, 0.15) is 11.3 Å². The van der Waals surface area contributed by atoms with Gasteiger partial charge in [-0.2, -0.15) is 0 Å². The Morgan fingerprint density at radius 3 is 2.61 bits per heavy atom. The number of nitrogens with zero attached hydrogens (tertiary/aromatic N) is 1. The summed E-state index contributed by atoms with van der Waals surface area (Å²) in [6.07, 6.45) is 0. The maximum atomic E-state index is 13.3. The van der Waals surface area contributed by atoms with Crippen molar-refractivity contribution in [3.63, 3.8) is 0 Å². The van der Waals surface area contributed by atoms with Crippen molar-refractivity contribution in [1.82, 2.24) is 10.2 Å². The van der Waals surface area contributed by atoms with Crippen molar-refractivity contribution in [2.45, 2.75) is 19.0 Å². The molecule has 0 aliphatic carbocycles. The summed E-state index contributed by atoms with van der Waals surface area (Å²) in [6, 6.07) is 18.3. The molecule has 1 saturated heterocycles. The van der Waals surface area contributed by atoms with Gasteiger partial charge in [-0.25, -0.2) is 4.79 Å². The molecular weight excluding hydrogens is 376 g/mol. The highest BCUT2D eigenvalue weighted by Gasteiger charge is 2.49. The Bertz CT molecular complexity index is 1090. The zero-order chi connectivity index (χ0) is 19.9. The topological polar surface area (TPSA) is 58.6 Å². The fraction of sp³-hybridized carbons (Fsp3) is 0.182. The first-order valence-electron chi connectivity index (χ1n) is 8.89. The molecule has 4 rings (SSSR count). The number of methoxy groups -OCH3 is 1.